The van der Waals surface area contributed by atoms with Crippen LogP contribution in [0.1, 0.15) is 31.7 Å². The first kappa shape index (κ1) is 27.8. The molecule has 0 radical (unpaired) electrons. The molecule has 9 nitrogen and oxygen atoms in total. The first-order valence-corrected chi connectivity index (χ1v) is 14.1. The van der Waals surface area contributed by atoms with Crippen LogP contribution in [0, 0.1) is 12.8 Å². The van der Waals surface area contributed by atoms with Crippen molar-refractivity contribution < 1.29 is 18.3 Å². The van der Waals surface area contributed by atoms with E-state index in [0.717, 1.165) is 22.2 Å². The molecule has 2 atom stereocenters. The number of halogens is 2. The second kappa shape index (κ2) is 11.5. The largest absolute Gasteiger partial charge is 0.493 e. The normalized spacial score (nSPS) is 18.8. The molecule has 0 bridgehead atoms. The van der Waals surface area contributed by atoms with Crippen LogP contribution in [0.5, 0.6) is 17.2 Å². The maximum atomic E-state index is 14.6. The Hall–Kier alpha value is -4.38. The number of ether oxygens (including phenoxy) is 2. The predicted molar refractivity (Wildman–Crippen MR) is 157 cm³/mol. The van der Waals surface area contributed by atoms with E-state index < -0.39 is 11.8 Å². The summed E-state index contributed by atoms with van der Waals surface area (Å²) in [6.45, 7) is 4.11. The third-order valence-corrected chi connectivity index (χ3v) is 7.93. The maximum Gasteiger partial charge on any atom is 0.263 e. The average molecular weight is 574 g/mol. The highest BCUT2D eigenvalue weighted by atomic mass is 19.3. The highest BCUT2D eigenvalue weighted by Crippen LogP contribution is 2.38. The van der Waals surface area contributed by atoms with Crippen LogP contribution in [0.15, 0.2) is 67.4 Å². The fourth-order valence-corrected chi connectivity index (χ4v) is 5.48. The van der Waals surface area contributed by atoms with Crippen LogP contribution >= 0.6 is 0 Å². The van der Waals surface area contributed by atoms with Crippen molar-refractivity contribution in [3.05, 3.63) is 72.9 Å². The topological polar surface area (TPSA) is 89.7 Å². The number of hydrogen-bond acceptors (Lipinski definition) is 8. The van der Waals surface area contributed by atoms with Gasteiger partial charge in [-0.25, -0.2) is 28.2 Å². The van der Waals surface area contributed by atoms with Crippen LogP contribution in [-0.4, -0.2) is 61.6 Å². The lowest BCUT2D eigenvalue weighted by atomic mass is 9.85. The van der Waals surface area contributed by atoms with Crippen molar-refractivity contribution >= 4 is 28.1 Å². The van der Waals surface area contributed by atoms with E-state index in [1.165, 1.54) is 12.7 Å². The molecule has 1 aliphatic heterocycles. The van der Waals surface area contributed by atoms with Gasteiger partial charge in [-0.2, -0.15) is 5.10 Å². The molecular formula is C31H33F2N7O2. The second-order valence-corrected chi connectivity index (χ2v) is 11.0. The number of nitrogens with one attached hydrogen (secondary N) is 1. The molecule has 5 aromatic rings. The van der Waals surface area contributed by atoms with E-state index in [1.54, 1.807) is 22.7 Å². The van der Waals surface area contributed by atoms with Crippen LogP contribution in [0.2, 0.25) is 0 Å². The minimum atomic E-state index is -2.69. The Balaban J connectivity index is 1.14. The zero-order chi connectivity index (χ0) is 29.3. The SMILES string of the molecule is Cc1cc(Nc2ncnc3cccc(OCCCC4CC(C)N(C)CC4(F)F)c23)ccc1Oc1ccn2ncnc2c1. The Morgan fingerprint density at radius 1 is 1.05 bits per heavy atom. The molecule has 6 rings (SSSR count). The summed E-state index contributed by atoms with van der Waals surface area (Å²) in [7, 11) is 1.76. The molecule has 3 aromatic heterocycles. The van der Waals surface area contributed by atoms with Crippen LogP contribution in [0.3, 0.4) is 0 Å². The van der Waals surface area contributed by atoms with Gasteiger partial charge in [-0.1, -0.05) is 6.07 Å². The van der Waals surface area contributed by atoms with Crippen molar-refractivity contribution in [2.24, 2.45) is 5.92 Å². The maximum absolute atomic E-state index is 14.6. The summed E-state index contributed by atoms with van der Waals surface area (Å²) in [6.07, 6.45) is 6.23. The summed E-state index contributed by atoms with van der Waals surface area (Å²) in [5.74, 6) is -0.741. The molecule has 1 N–H and O–H groups in total. The van der Waals surface area contributed by atoms with Crippen LogP contribution < -0.4 is 14.8 Å². The van der Waals surface area contributed by atoms with Gasteiger partial charge < -0.3 is 14.8 Å². The zero-order valence-electron chi connectivity index (χ0n) is 23.8. The number of rotatable bonds is 9. The number of piperidine rings is 1. The van der Waals surface area contributed by atoms with E-state index in [1.807, 2.05) is 62.4 Å². The number of alkyl halides is 2. The van der Waals surface area contributed by atoms with Gasteiger partial charge in [-0.3, -0.25) is 4.90 Å². The first-order chi connectivity index (χ1) is 20.3. The molecule has 0 aliphatic carbocycles. The van der Waals surface area contributed by atoms with Gasteiger partial charge in [0, 0.05) is 29.9 Å². The molecule has 1 fully saturated rings. The van der Waals surface area contributed by atoms with Crippen molar-refractivity contribution in [1.82, 2.24) is 29.5 Å². The Morgan fingerprint density at radius 2 is 1.93 bits per heavy atom. The number of likely N-dealkylation sites (tertiary alicyclic amines) is 1. The quantitative estimate of drug-likeness (QED) is 0.196. The summed E-state index contributed by atoms with van der Waals surface area (Å²) < 4.78 is 43.1. The lowest BCUT2D eigenvalue weighted by Gasteiger charge is -2.40. The van der Waals surface area contributed by atoms with E-state index in [9.17, 15) is 8.78 Å². The van der Waals surface area contributed by atoms with Gasteiger partial charge >= 0.3 is 0 Å². The highest BCUT2D eigenvalue weighted by Gasteiger charge is 2.45. The van der Waals surface area contributed by atoms with Gasteiger partial charge in [0.2, 0.25) is 0 Å². The van der Waals surface area contributed by atoms with Crippen LogP contribution in [0.25, 0.3) is 16.6 Å². The first-order valence-electron chi connectivity index (χ1n) is 14.1. The van der Waals surface area contributed by atoms with Gasteiger partial charge in [0.05, 0.1) is 24.1 Å². The predicted octanol–water partition coefficient (Wildman–Crippen LogP) is 6.65. The van der Waals surface area contributed by atoms with Crippen LogP contribution in [0.4, 0.5) is 20.3 Å². The molecule has 4 heterocycles. The van der Waals surface area contributed by atoms with Crippen molar-refractivity contribution in [2.75, 3.05) is 25.5 Å². The van der Waals surface area contributed by atoms with E-state index in [2.05, 4.69) is 25.4 Å². The molecule has 1 saturated heterocycles. The third kappa shape index (κ3) is 5.82. The second-order valence-electron chi connectivity index (χ2n) is 11.0. The summed E-state index contributed by atoms with van der Waals surface area (Å²) in [5, 5.41) is 8.23. The number of pyridine rings is 1. The standard InChI is InChI=1S/C31H33F2N7O2/c1-20-14-23(9-10-26(20)42-24-11-12-40-28(16-24)35-19-37-40)38-30-29-25(34-18-36-30)7-4-8-27(29)41-13-5-6-22-15-21(2)39(3)17-31(22,32)33/h4,7-12,14,16,18-19,21-22H,5-6,13,15,17H2,1-3H3,(H,34,36,38). The molecule has 2 aromatic carbocycles. The Bertz CT molecular complexity index is 1700. The van der Waals surface area contributed by atoms with Gasteiger partial charge in [0.25, 0.3) is 5.92 Å². The Morgan fingerprint density at radius 3 is 2.79 bits per heavy atom. The van der Waals surface area contributed by atoms with Crippen LogP contribution in [-0.2, 0) is 0 Å². The molecule has 218 valence electrons. The molecular weight excluding hydrogens is 540 g/mol. The molecule has 0 spiro atoms. The fourth-order valence-electron chi connectivity index (χ4n) is 5.48. The summed E-state index contributed by atoms with van der Waals surface area (Å²) >= 11 is 0. The molecule has 42 heavy (non-hydrogen) atoms. The molecule has 0 saturated carbocycles. The number of hydrogen-bond donors (Lipinski definition) is 1. The Labute approximate surface area is 242 Å². The van der Waals surface area contributed by atoms with Crippen molar-refractivity contribution in [3.63, 3.8) is 0 Å². The van der Waals surface area contributed by atoms with Gasteiger partial charge in [0.1, 0.15) is 35.7 Å². The number of benzene rings is 2. The Kier molecular flexibility index (Phi) is 7.59. The summed E-state index contributed by atoms with van der Waals surface area (Å²) in [6, 6.07) is 15.2. The van der Waals surface area contributed by atoms with Crippen molar-refractivity contribution in [3.8, 4) is 17.2 Å². The van der Waals surface area contributed by atoms with Gasteiger partial charge in [-0.15, -0.1) is 0 Å². The minimum Gasteiger partial charge on any atom is -0.493 e. The smallest absolute Gasteiger partial charge is 0.263 e. The lowest BCUT2D eigenvalue weighted by Crippen LogP contribution is -2.50. The number of nitrogens with zero attached hydrogens (tertiary/aromatic N) is 6. The molecule has 2 unspecified atom stereocenters. The number of fused-ring (bicyclic) bond motifs is 2. The lowest BCUT2D eigenvalue weighted by molar-refractivity contribution is -0.122. The van der Waals surface area contributed by atoms with E-state index >= 15 is 0 Å². The zero-order valence-corrected chi connectivity index (χ0v) is 23.8. The van der Waals surface area contributed by atoms with E-state index in [0.29, 0.717) is 54.6 Å². The number of anilines is 2. The number of aryl methyl sites for hydroxylation is 1. The van der Waals surface area contributed by atoms with Gasteiger partial charge in [0.15, 0.2) is 5.65 Å². The minimum absolute atomic E-state index is 0.146. The highest BCUT2D eigenvalue weighted by molar-refractivity contribution is 5.95. The molecule has 0 amide bonds. The molecule has 1 aliphatic rings. The summed E-state index contributed by atoms with van der Waals surface area (Å²) in [5.41, 5.74) is 3.17. The average Bonchev–Trinajstić information content (AvgIpc) is 3.43. The van der Waals surface area contributed by atoms with Crippen molar-refractivity contribution in [1.29, 1.82) is 0 Å². The van der Waals surface area contributed by atoms with E-state index in [4.69, 9.17) is 9.47 Å². The number of aromatic nitrogens is 5. The monoisotopic (exact) mass is 573 g/mol. The van der Waals surface area contributed by atoms with Crippen molar-refractivity contribution in [2.45, 2.75) is 45.1 Å². The van der Waals surface area contributed by atoms with Gasteiger partial charge in [-0.05, 0) is 82.1 Å². The van der Waals surface area contributed by atoms with E-state index in [-0.39, 0.29) is 12.6 Å². The fraction of sp³-hybridized carbons (Fsp3) is 0.355. The summed E-state index contributed by atoms with van der Waals surface area (Å²) in [4.78, 5) is 14.8. The molecule has 11 heteroatoms. The third-order valence-electron chi connectivity index (χ3n) is 7.93.